The molecule has 1 aliphatic rings. The van der Waals surface area contributed by atoms with Gasteiger partial charge in [-0.1, -0.05) is 31.2 Å². The number of aliphatic hydroxyl groups is 1. The molecule has 1 aliphatic carbocycles. The summed E-state index contributed by atoms with van der Waals surface area (Å²) >= 11 is 0. The summed E-state index contributed by atoms with van der Waals surface area (Å²) < 4.78 is 0. The van der Waals surface area contributed by atoms with E-state index in [-0.39, 0.29) is 11.5 Å². The number of aliphatic hydroxyl groups excluding tert-OH is 1. The molecule has 0 aliphatic heterocycles. The van der Waals surface area contributed by atoms with Crippen molar-refractivity contribution in [1.29, 1.82) is 0 Å². The van der Waals surface area contributed by atoms with Crippen molar-refractivity contribution >= 4 is 0 Å². The lowest BCUT2D eigenvalue weighted by molar-refractivity contribution is 0.0984. The fourth-order valence-corrected chi connectivity index (χ4v) is 2.22. The molecule has 1 nitrogen and oxygen atoms in total. The molecule has 1 heteroatoms. The first-order chi connectivity index (χ1) is 5.99. The predicted octanol–water partition coefficient (Wildman–Crippen LogP) is 2.92. The molecule has 1 saturated carbocycles. The van der Waals surface area contributed by atoms with E-state index >= 15 is 0 Å². The van der Waals surface area contributed by atoms with Gasteiger partial charge in [0.05, 0.1) is 6.10 Å². The Labute approximate surface area is 81.2 Å². The molecule has 1 rings (SSSR count). The fraction of sp³-hybridized carbons (Fsp3) is 0.667. The van der Waals surface area contributed by atoms with Crippen LogP contribution in [0, 0.1) is 11.3 Å². The molecule has 0 unspecified atom stereocenters. The van der Waals surface area contributed by atoms with Gasteiger partial charge in [-0.3, -0.25) is 0 Å². The molecule has 0 radical (unpaired) electrons. The number of hydrogen-bond acceptors (Lipinski definition) is 1. The van der Waals surface area contributed by atoms with Crippen LogP contribution in [-0.2, 0) is 0 Å². The van der Waals surface area contributed by atoms with E-state index in [1.807, 2.05) is 13.0 Å². The molecule has 74 valence electrons. The van der Waals surface area contributed by atoms with Crippen LogP contribution in [0.5, 0.6) is 0 Å². The SMILES string of the molecule is C=C(C)[C@H]1C[C@@H](O)[C@](C)(/C=C/C)C1. The molecular weight excluding hydrogens is 160 g/mol. The molecule has 0 saturated heterocycles. The van der Waals surface area contributed by atoms with E-state index in [1.54, 1.807) is 0 Å². The standard InChI is InChI=1S/C12H20O/c1-5-6-12(4)8-10(9(2)3)7-11(12)13/h5-6,10-11,13H,2,7-8H2,1,3-4H3/b6-5+/t10-,11+,12+/m0/s1. The second-order valence-corrected chi connectivity index (χ2v) is 4.50. The summed E-state index contributed by atoms with van der Waals surface area (Å²) in [5, 5.41) is 9.91. The number of allylic oxidation sites excluding steroid dienone is 2. The second-order valence-electron chi connectivity index (χ2n) is 4.50. The highest BCUT2D eigenvalue weighted by molar-refractivity contribution is 5.12. The Kier molecular flexibility index (Phi) is 2.97. The van der Waals surface area contributed by atoms with Crippen molar-refractivity contribution in [1.82, 2.24) is 0 Å². The van der Waals surface area contributed by atoms with Crippen LogP contribution in [0.15, 0.2) is 24.3 Å². The first-order valence-corrected chi connectivity index (χ1v) is 4.97. The quantitative estimate of drug-likeness (QED) is 0.648. The van der Waals surface area contributed by atoms with E-state index in [4.69, 9.17) is 0 Å². The third kappa shape index (κ3) is 2.02. The van der Waals surface area contributed by atoms with Crippen LogP contribution in [0.25, 0.3) is 0 Å². The van der Waals surface area contributed by atoms with Gasteiger partial charge in [-0.25, -0.2) is 0 Å². The summed E-state index contributed by atoms with van der Waals surface area (Å²) in [5.41, 5.74) is 1.17. The van der Waals surface area contributed by atoms with Crippen LogP contribution in [0.3, 0.4) is 0 Å². The van der Waals surface area contributed by atoms with Crippen LogP contribution in [-0.4, -0.2) is 11.2 Å². The maximum Gasteiger partial charge on any atom is 0.0634 e. The van der Waals surface area contributed by atoms with E-state index in [0.717, 1.165) is 12.8 Å². The van der Waals surface area contributed by atoms with Crippen LogP contribution in [0.2, 0.25) is 0 Å². The first kappa shape index (κ1) is 10.5. The summed E-state index contributed by atoms with van der Waals surface area (Å²) in [4.78, 5) is 0. The zero-order valence-electron chi connectivity index (χ0n) is 8.88. The molecule has 0 aromatic rings. The summed E-state index contributed by atoms with van der Waals surface area (Å²) in [5.74, 6) is 0.496. The maximum atomic E-state index is 9.91. The Morgan fingerprint density at radius 1 is 1.62 bits per heavy atom. The Bertz CT molecular complexity index is 229. The summed E-state index contributed by atoms with van der Waals surface area (Å²) in [6, 6.07) is 0. The van der Waals surface area contributed by atoms with E-state index in [0.29, 0.717) is 5.92 Å². The van der Waals surface area contributed by atoms with Crippen molar-refractivity contribution in [2.75, 3.05) is 0 Å². The van der Waals surface area contributed by atoms with E-state index in [9.17, 15) is 5.11 Å². The van der Waals surface area contributed by atoms with Crippen LogP contribution in [0.4, 0.5) is 0 Å². The zero-order valence-corrected chi connectivity index (χ0v) is 8.88. The van der Waals surface area contributed by atoms with Gasteiger partial charge in [0, 0.05) is 5.41 Å². The van der Waals surface area contributed by atoms with Gasteiger partial charge in [0.25, 0.3) is 0 Å². The maximum absolute atomic E-state index is 9.91. The van der Waals surface area contributed by atoms with Crippen LogP contribution >= 0.6 is 0 Å². The van der Waals surface area contributed by atoms with E-state index < -0.39 is 0 Å². The molecule has 1 N–H and O–H groups in total. The molecule has 1 fully saturated rings. The van der Waals surface area contributed by atoms with Crippen molar-refractivity contribution in [3.8, 4) is 0 Å². The van der Waals surface area contributed by atoms with Gasteiger partial charge in [-0.2, -0.15) is 0 Å². The minimum absolute atomic E-state index is 0.0294. The van der Waals surface area contributed by atoms with Gasteiger partial charge in [0.1, 0.15) is 0 Å². The average molecular weight is 180 g/mol. The molecule has 0 aromatic carbocycles. The monoisotopic (exact) mass is 180 g/mol. The molecule has 0 spiro atoms. The van der Waals surface area contributed by atoms with Gasteiger partial charge in [-0.15, -0.1) is 0 Å². The lowest BCUT2D eigenvalue weighted by Gasteiger charge is -2.23. The second kappa shape index (κ2) is 3.67. The highest BCUT2D eigenvalue weighted by Crippen LogP contribution is 2.45. The fourth-order valence-electron chi connectivity index (χ4n) is 2.22. The first-order valence-electron chi connectivity index (χ1n) is 4.97. The van der Waals surface area contributed by atoms with Crippen molar-refractivity contribution in [3.05, 3.63) is 24.3 Å². The van der Waals surface area contributed by atoms with Crippen molar-refractivity contribution < 1.29 is 5.11 Å². The van der Waals surface area contributed by atoms with Gasteiger partial charge in [-0.05, 0) is 32.6 Å². The Morgan fingerprint density at radius 3 is 2.62 bits per heavy atom. The molecule has 13 heavy (non-hydrogen) atoms. The molecule has 0 aromatic heterocycles. The minimum atomic E-state index is -0.203. The Hall–Kier alpha value is -0.560. The van der Waals surface area contributed by atoms with Crippen molar-refractivity contribution in [3.63, 3.8) is 0 Å². The Balaban J connectivity index is 2.76. The third-order valence-corrected chi connectivity index (χ3v) is 3.20. The average Bonchev–Trinajstić information content (AvgIpc) is 2.29. The molecule has 0 heterocycles. The highest BCUT2D eigenvalue weighted by Gasteiger charge is 2.40. The molecule has 0 bridgehead atoms. The molecular formula is C12H20O. The van der Waals surface area contributed by atoms with Crippen molar-refractivity contribution in [2.24, 2.45) is 11.3 Å². The smallest absolute Gasteiger partial charge is 0.0634 e. The van der Waals surface area contributed by atoms with Gasteiger partial charge in [0.15, 0.2) is 0 Å². The minimum Gasteiger partial charge on any atom is -0.392 e. The zero-order chi connectivity index (χ0) is 10.1. The van der Waals surface area contributed by atoms with Crippen molar-refractivity contribution in [2.45, 2.75) is 39.7 Å². The summed E-state index contributed by atoms with van der Waals surface area (Å²) in [7, 11) is 0. The lowest BCUT2D eigenvalue weighted by Crippen LogP contribution is -2.23. The largest absolute Gasteiger partial charge is 0.392 e. The lowest BCUT2D eigenvalue weighted by atomic mass is 9.85. The third-order valence-electron chi connectivity index (χ3n) is 3.20. The van der Waals surface area contributed by atoms with Gasteiger partial charge in [0.2, 0.25) is 0 Å². The van der Waals surface area contributed by atoms with E-state index in [1.165, 1.54) is 5.57 Å². The summed E-state index contributed by atoms with van der Waals surface area (Å²) in [6.45, 7) is 10.1. The normalized spacial score (nSPS) is 40.0. The molecule has 3 atom stereocenters. The summed E-state index contributed by atoms with van der Waals surface area (Å²) in [6.07, 6.45) is 5.86. The number of rotatable bonds is 2. The molecule has 0 amide bonds. The van der Waals surface area contributed by atoms with E-state index in [2.05, 4.69) is 26.5 Å². The topological polar surface area (TPSA) is 20.2 Å². The van der Waals surface area contributed by atoms with Crippen LogP contribution in [0.1, 0.15) is 33.6 Å². The highest BCUT2D eigenvalue weighted by atomic mass is 16.3. The van der Waals surface area contributed by atoms with Crippen LogP contribution < -0.4 is 0 Å². The Morgan fingerprint density at radius 2 is 2.23 bits per heavy atom. The number of hydrogen-bond donors (Lipinski definition) is 1. The van der Waals surface area contributed by atoms with Gasteiger partial charge < -0.3 is 5.11 Å². The van der Waals surface area contributed by atoms with Gasteiger partial charge >= 0.3 is 0 Å². The predicted molar refractivity (Wildman–Crippen MR) is 56.5 cm³/mol.